The number of nitrogens with zero attached hydrogens (tertiary/aromatic N) is 3. The van der Waals surface area contributed by atoms with Crippen LogP contribution in [0.2, 0.25) is 0 Å². The summed E-state index contributed by atoms with van der Waals surface area (Å²) in [6.07, 6.45) is 5.95. The van der Waals surface area contributed by atoms with Crippen LogP contribution in [-0.4, -0.2) is 27.2 Å². The van der Waals surface area contributed by atoms with Gasteiger partial charge in [-0.05, 0) is 25.3 Å². The first-order valence-corrected chi connectivity index (χ1v) is 6.53. The predicted octanol–water partition coefficient (Wildman–Crippen LogP) is 0.196. The van der Waals surface area contributed by atoms with Gasteiger partial charge in [-0.15, -0.1) is 0 Å². The zero-order valence-corrected chi connectivity index (χ0v) is 10.8. The van der Waals surface area contributed by atoms with Crippen molar-refractivity contribution in [3.05, 3.63) is 12.2 Å². The highest BCUT2D eigenvalue weighted by molar-refractivity contribution is 5.79. The van der Waals surface area contributed by atoms with Crippen molar-refractivity contribution < 1.29 is 4.79 Å². The second-order valence-electron chi connectivity index (χ2n) is 4.94. The number of nitrogens with two attached hydrogens (primary N) is 1. The molecule has 18 heavy (non-hydrogen) atoms. The topological polar surface area (TPSA) is 85.8 Å². The van der Waals surface area contributed by atoms with E-state index in [9.17, 15) is 4.79 Å². The van der Waals surface area contributed by atoms with Crippen LogP contribution in [-0.2, 0) is 18.4 Å². The zero-order chi connectivity index (χ0) is 13.0. The Bertz CT molecular complexity index is 403. The normalized spacial score (nSPS) is 23.9. The van der Waals surface area contributed by atoms with E-state index in [-0.39, 0.29) is 11.8 Å². The molecule has 0 bridgehead atoms. The maximum Gasteiger partial charge on any atom is 0.223 e. The van der Waals surface area contributed by atoms with Crippen LogP contribution in [0.3, 0.4) is 0 Å². The Morgan fingerprint density at radius 2 is 2.33 bits per heavy atom. The SMILES string of the molecule is Cn1cnc(CNC(=O)C2CCCCC2CN)n1. The van der Waals surface area contributed by atoms with Crippen molar-refractivity contribution in [2.24, 2.45) is 24.6 Å². The highest BCUT2D eigenvalue weighted by Crippen LogP contribution is 2.29. The molecule has 0 saturated heterocycles. The molecule has 0 aliphatic heterocycles. The van der Waals surface area contributed by atoms with E-state index < -0.39 is 0 Å². The van der Waals surface area contributed by atoms with Gasteiger partial charge in [0.15, 0.2) is 5.82 Å². The number of nitrogens with one attached hydrogen (secondary N) is 1. The number of hydrogen-bond acceptors (Lipinski definition) is 4. The van der Waals surface area contributed by atoms with E-state index >= 15 is 0 Å². The molecule has 100 valence electrons. The zero-order valence-electron chi connectivity index (χ0n) is 10.8. The number of carbonyl (C=O) groups excluding carboxylic acids is 1. The number of hydrogen-bond donors (Lipinski definition) is 2. The third-order valence-corrected chi connectivity index (χ3v) is 3.62. The van der Waals surface area contributed by atoms with Crippen molar-refractivity contribution in [3.63, 3.8) is 0 Å². The lowest BCUT2D eigenvalue weighted by Gasteiger charge is -2.29. The van der Waals surface area contributed by atoms with Crippen molar-refractivity contribution in [2.45, 2.75) is 32.2 Å². The molecule has 1 aliphatic carbocycles. The second-order valence-corrected chi connectivity index (χ2v) is 4.94. The highest BCUT2D eigenvalue weighted by Gasteiger charge is 2.29. The van der Waals surface area contributed by atoms with Gasteiger partial charge in [0.1, 0.15) is 6.33 Å². The Labute approximate surface area is 107 Å². The summed E-state index contributed by atoms with van der Waals surface area (Å²) in [5, 5.41) is 7.05. The summed E-state index contributed by atoms with van der Waals surface area (Å²) in [6, 6.07) is 0. The first-order chi connectivity index (χ1) is 8.70. The largest absolute Gasteiger partial charge is 0.348 e. The fraction of sp³-hybridized carbons (Fsp3) is 0.750. The van der Waals surface area contributed by atoms with Crippen LogP contribution in [0.15, 0.2) is 6.33 Å². The summed E-state index contributed by atoms with van der Waals surface area (Å²) in [4.78, 5) is 16.2. The van der Waals surface area contributed by atoms with E-state index in [4.69, 9.17) is 5.73 Å². The van der Waals surface area contributed by atoms with E-state index in [0.29, 0.717) is 24.8 Å². The smallest absolute Gasteiger partial charge is 0.223 e. The van der Waals surface area contributed by atoms with Gasteiger partial charge in [0, 0.05) is 13.0 Å². The Balaban J connectivity index is 1.86. The maximum absolute atomic E-state index is 12.1. The average molecular weight is 251 g/mol. The fourth-order valence-electron chi connectivity index (χ4n) is 2.60. The molecule has 6 nitrogen and oxygen atoms in total. The molecule has 1 heterocycles. The fourth-order valence-corrected chi connectivity index (χ4v) is 2.60. The number of carbonyl (C=O) groups is 1. The minimum Gasteiger partial charge on any atom is -0.348 e. The van der Waals surface area contributed by atoms with Gasteiger partial charge in [-0.25, -0.2) is 4.98 Å². The molecule has 2 rings (SSSR count). The Hall–Kier alpha value is -1.43. The summed E-state index contributed by atoms with van der Waals surface area (Å²) in [5.74, 6) is 1.13. The maximum atomic E-state index is 12.1. The quantitative estimate of drug-likeness (QED) is 0.800. The standard InChI is InChI=1S/C12H21N5O/c1-17-8-15-11(16-17)7-14-12(18)10-5-3-2-4-9(10)6-13/h8-10H,2-7,13H2,1H3,(H,14,18). The van der Waals surface area contributed by atoms with Crippen LogP contribution >= 0.6 is 0 Å². The van der Waals surface area contributed by atoms with E-state index in [1.807, 2.05) is 7.05 Å². The molecule has 0 spiro atoms. The molecule has 2 unspecified atom stereocenters. The van der Waals surface area contributed by atoms with Crippen LogP contribution in [0.4, 0.5) is 0 Å². The average Bonchev–Trinajstić information content (AvgIpc) is 2.81. The van der Waals surface area contributed by atoms with Crippen molar-refractivity contribution in [1.82, 2.24) is 20.1 Å². The van der Waals surface area contributed by atoms with Crippen molar-refractivity contribution in [1.29, 1.82) is 0 Å². The van der Waals surface area contributed by atoms with Gasteiger partial charge in [0.2, 0.25) is 5.91 Å². The van der Waals surface area contributed by atoms with Gasteiger partial charge in [0.05, 0.1) is 6.54 Å². The molecular weight excluding hydrogens is 230 g/mol. The van der Waals surface area contributed by atoms with Gasteiger partial charge in [-0.1, -0.05) is 12.8 Å². The summed E-state index contributed by atoms with van der Waals surface area (Å²) in [6.45, 7) is 0.993. The minimum atomic E-state index is 0.0625. The number of amides is 1. The molecule has 3 N–H and O–H groups in total. The molecule has 2 atom stereocenters. The molecule has 6 heteroatoms. The molecule has 1 aliphatic rings. The summed E-state index contributed by atoms with van der Waals surface area (Å²) in [5.41, 5.74) is 5.73. The molecule has 0 aromatic carbocycles. The van der Waals surface area contributed by atoms with Gasteiger partial charge in [-0.2, -0.15) is 5.10 Å². The number of aromatic nitrogens is 3. The second kappa shape index (κ2) is 5.95. The van der Waals surface area contributed by atoms with Gasteiger partial charge >= 0.3 is 0 Å². The summed E-state index contributed by atoms with van der Waals surface area (Å²) < 4.78 is 1.63. The van der Waals surface area contributed by atoms with E-state index in [0.717, 1.165) is 19.3 Å². The third-order valence-electron chi connectivity index (χ3n) is 3.62. The minimum absolute atomic E-state index is 0.0625. The number of aryl methyl sites for hydroxylation is 1. The highest BCUT2D eigenvalue weighted by atomic mass is 16.1. The van der Waals surface area contributed by atoms with Crippen LogP contribution in [0.1, 0.15) is 31.5 Å². The molecular formula is C12H21N5O. The molecule has 1 amide bonds. The van der Waals surface area contributed by atoms with Crippen LogP contribution in [0, 0.1) is 11.8 Å². The third kappa shape index (κ3) is 3.07. The van der Waals surface area contributed by atoms with Crippen LogP contribution in [0.25, 0.3) is 0 Å². The monoisotopic (exact) mass is 251 g/mol. The first-order valence-electron chi connectivity index (χ1n) is 6.53. The molecule has 1 fully saturated rings. The Morgan fingerprint density at radius 3 is 3.00 bits per heavy atom. The van der Waals surface area contributed by atoms with Crippen molar-refractivity contribution in [2.75, 3.05) is 6.54 Å². The van der Waals surface area contributed by atoms with Crippen LogP contribution < -0.4 is 11.1 Å². The Morgan fingerprint density at radius 1 is 1.56 bits per heavy atom. The molecule has 1 saturated carbocycles. The predicted molar refractivity (Wildman–Crippen MR) is 67.4 cm³/mol. The lowest BCUT2D eigenvalue weighted by atomic mass is 9.79. The summed E-state index contributed by atoms with van der Waals surface area (Å²) in [7, 11) is 1.81. The van der Waals surface area contributed by atoms with E-state index in [1.165, 1.54) is 6.42 Å². The van der Waals surface area contributed by atoms with Gasteiger partial charge < -0.3 is 11.1 Å². The molecule has 1 aromatic rings. The van der Waals surface area contributed by atoms with Gasteiger partial charge in [0.25, 0.3) is 0 Å². The van der Waals surface area contributed by atoms with Crippen LogP contribution in [0.5, 0.6) is 0 Å². The molecule has 0 radical (unpaired) electrons. The lowest BCUT2D eigenvalue weighted by molar-refractivity contribution is -0.127. The first kappa shape index (κ1) is 13.0. The Kier molecular flexibility index (Phi) is 4.30. The van der Waals surface area contributed by atoms with Gasteiger partial charge in [-0.3, -0.25) is 9.48 Å². The van der Waals surface area contributed by atoms with E-state index in [2.05, 4.69) is 15.4 Å². The van der Waals surface area contributed by atoms with Crippen molar-refractivity contribution in [3.8, 4) is 0 Å². The van der Waals surface area contributed by atoms with Crippen molar-refractivity contribution >= 4 is 5.91 Å². The van der Waals surface area contributed by atoms with E-state index in [1.54, 1.807) is 11.0 Å². The number of rotatable bonds is 4. The lowest BCUT2D eigenvalue weighted by Crippen LogP contribution is -2.39. The summed E-state index contributed by atoms with van der Waals surface area (Å²) >= 11 is 0. The molecule has 1 aromatic heterocycles.